The Balaban J connectivity index is 2.07. The largest absolute Gasteiger partial charge is 0.456 e. The van der Waals surface area contributed by atoms with E-state index in [4.69, 9.17) is 4.74 Å². The van der Waals surface area contributed by atoms with Gasteiger partial charge in [-0.2, -0.15) is 0 Å². The predicted octanol–water partition coefficient (Wildman–Crippen LogP) is 5.44. The van der Waals surface area contributed by atoms with Crippen LogP contribution in [0.3, 0.4) is 0 Å². The van der Waals surface area contributed by atoms with E-state index in [1.54, 1.807) is 6.07 Å². The zero-order valence-electron chi connectivity index (χ0n) is 12.2. The highest BCUT2D eigenvalue weighted by atomic mass is 79.9. The molecule has 0 aliphatic heterocycles. The van der Waals surface area contributed by atoms with E-state index < -0.39 is 0 Å². The van der Waals surface area contributed by atoms with E-state index in [9.17, 15) is 4.39 Å². The van der Waals surface area contributed by atoms with Crippen molar-refractivity contribution in [3.63, 3.8) is 0 Å². The summed E-state index contributed by atoms with van der Waals surface area (Å²) in [7, 11) is 0. The lowest BCUT2D eigenvalue weighted by molar-refractivity contribution is 0.473. The van der Waals surface area contributed by atoms with Crippen LogP contribution >= 0.6 is 15.9 Å². The van der Waals surface area contributed by atoms with Crippen LogP contribution in [0, 0.1) is 5.82 Å². The molecule has 4 heteroatoms. The van der Waals surface area contributed by atoms with E-state index in [-0.39, 0.29) is 5.82 Å². The van der Waals surface area contributed by atoms with Gasteiger partial charge in [-0.25, -0.2) is 4.39 Å². The highest BCUT2D eigenvalue weighted by molar-refractivity contribution is 9.10. The van der Waals surface area contributed by atoms with Crippen LogP contribution in [0.1, 0.15) is 31.9 Å². The molecule has 1 unspecified atom stereocenters. The van der Waals surface area contributed by atoms with E-state index >= 15 is 0 Å². The van der Waals surface area contributed by atoms with Crippen LogP contribution in [0.4, 0.5) is 4.39 Å². The lowest BCUT2D eigenvalue weighted by atomic mass is 10.1. The Kier molecular flexibility index (Phi) is 5.76. The summed E-state index contributed by atoms with van der Waals surface area (Å²) in [5.41, 5.74) is 1.20. The maximum atomic E-state index is 13.2. The summed E-state index contributed by atoms with van der Waals surface area (Å²) >= 11 is 3.35. The molecule has 2 rings (SSSR count). The standard InChI is InChI=1S/C17H19BrFNO/c1-3-10-20-12(2)13-4-7-15(8-5-13)21-17-11-14(19)6-9-16(17)18/h4-9,11-12,20H,3,10H2,1-2H3. The Morgan fingerprint density at radius 1 is 1.19 bits per heavy atom. The van der Waals surface area contributed by atoms with Crippen LogP contribution in [-0.2, 0) is 0 Å². The minimum atomic E-state index is -0.317. The van der Waals surface area contributed by atoms with Crippen molar-refractivity contribution < 1.29 is 9.13 Å². The lowest BCUT2D eigenvalue weighted by Gasteiger charge is -2.14. The van der Waals surface area contributed by atoms with Crippen LogP contribution in [0.2, 0.25) is 0 Å². The Morgan fingerprint density at radius 3 is 2.57 bits per heavy atom. The SMILES string of the molecule is CCCNC(C)c1ccc(Oc2cc(F)ccc2Br)cc1. The van der Waals surface area contributed by atoms with Crippen LogP contribution in [0.25, 0.3) is 0 Å². The van der Waals surface area contributed by atoms with Gasteiger partial charge in [-0.3, -0.25) is 0 Å². The van der Waals surface area contributed by atoms with Crippen LogP contribution in [-0.4, -0.2) is 6.54 Å². The van der Waals surface area contributed by atoms with Gasteiger partial charge in [0.25, 0.3) is 0 Å². The van der Waals surface area contributed by atoms with E-state index in [0.29, 0.717) is 17.5 Å². The minimum absolute atomic E-state index is 0.305. The number of nitrogens with one attached hydrogen (secondary N) is 1. The number of rotatable bonds is 6. The average Bonchev–Trinajstić information content (AvgIpc) is 2.49. The van der Waals surface area contributed by atoms with Gasteiger partial charge in [0.15, 0.2) is 0 Å². The van der Waals surface area contributed by atoms with Gasteiger partial charge in [0.1, 0.15) is 17.3 Å². The predicted molar refractivity (Wildman–Crippen MR) is 87.3 cm³/mol. The highest BCUT2D eigenvalue weighted by Gasteiger charge is 2.07. The van der Waals surface area contributed by atoms with E-state index in [0.717, 1.165) is 17.4 Å². The summed E-state index contributed by atoms with van der Waals surface area (Å²) in [6.45, 7) is 5.28. The summed E-state index contributed by atoms with van der Waals surface area (Å²) in [5, 5.41) is 3.44. The molecule has 21 heavy (non-hydrogen) atoms. The normalized spacial score (nSPS) is 12.2. The molecule has 0 radical (unpaired) electrons. The molecule has 1 N–H and O–H groups in total. The van der Waals surface area contributed by atoms with Gasteiger partial charge in [-0.15, -0.1) is 0 Å². The fourth-order valence-corrected chi connectivity index (χ4v) is 2.31. The summed E-state index contributed by atoms with van der Waals surface area (Å²) < 4.78 is 19.7. The highest BCUT2D eigenvalue weighted by Crippen LogP contribution is 2.30. The number of hydrogen-bond acceptors (Lipinski definition) is 2. The first-order valence-electron chi connectivity index (χ1n) is 7.06. The fraction of sp³-hybridized carbons (Fsp3) is 0.294. The van der Waals surface area contributed by atoms with Gasteiger partial charge in [-0.1, -0.05) is 19.1 Å². The molecule has 1 atom stereocenters. The van der Waals surface area contributed by atoms with Crippen molar-refractivity contribution >= 4 is 15.9 Å². The van der Waals surface area contributed by atoms with Gasteiger partial charge in [0.2, 0.25) is 0 Å². The number of benzene rings is 2. The maximum Gasteiger partial charge on any atom is 0.144 e. The number of halogens is 2. The molecule has 112 valence electrons. The molecule has 0 spiro atoms. The van der Waals surface area contributed by atoms with Crippen molar-refractivity contribution in [1.29, 1.82) is 0 Å². The van der Waals surface area contributed by atoms with Crippen molar-refractivity contribution in [2.24, 2.45) is 0 Å². The maximum absolute atomic E-state index is 13.2. The third kappa shape index (κ3) is 4.55. The molecule has 0 fully saturated rings. The second-order valence-corrected chi connectivity index (χ2v) is 5.78. The molecule has 0 saturated carbocycles. The summed E-state index contributed by atoms with van der Waals surface area (Å²) in [6.07, 6.45) is 1.11. The zero-order chi connectivity index (χ0) is 15.2. The second kappa shape index (κ2) is 7.57. The molecule has 2 nitrogen and oxygen atoms in total. The van der Waals surface area contributed by atoms with Gasteiger partial charge >= 0.3 is 0 Å². The second-order valence-electron chi connectivity index (χ2n) is 4.92. The third-order valence-corrected chi connectivity index (χ3v) is 3.86. The number of hydrogen-bond donors (Lipinski definition) is 1. The monoisotopic (exact) mass is 351 g/mol. The molecule has 0 aliphatic rings. The molecular weight excluding hydrogens is 333 g/mol. The van der Waals surface area contributed by atoms with Crippen LogP contribution < -0.4 is 10.1 Å². The Hall–Kier alpha value is -1.39. The van der Waals surface area contributed by atoms with Gasteiger partial charge in [0, 0.05) is 12.1 Å². The van der Waals surface area contributed by atoms with Crippen molar-refractivity contribution in [3.8, 4) is 11.5 Å². The van der Waals surface area contributed by atoms with Crippen molar-refractivity contribution in [1.82, 2.24) is 5.32 Å². The molecule has 2 aromatic carbocycles. The lowest BCUT2D eigenvalue weighted by Crippen LogP contribution is -2.19. The first-order valence-corrected chi connectivity index (χ1v) is 7.85. The van der Waals surface area contributed by atoms with Crippen molar-refractivity contribution in [3.05, 3.63) is 58.3 Å². The smallest absolute Gasteiger partial charge is 0.144 e. The molecule has 0 aromatic heterocycles. The molecule has 0 bridgehead atoms. The molecule has 0 heterocycles. The van der Waals surface area contributed by atoms with Gasteiger partial charge in [0.05, 0.1) is 4.47 Å². The topological polar surface area (TPSA) is 21.3 Å². The van der Waals surface area contributed by atoms with E-state index in [1.807, 2.05) is 24.3 Å². The zero-order valence-corrected chi connectivity index (χ0v) is 13.8. The van der Waals surface area contributed by atoms with Gasteiger partial charge < -0.3 is 10.1 Å². The van der Waals surface area contributed by atoms with Crippen molar-refractivity contribution in [2.75, 3.05) is 6.54 Å². The first kappa shape index (κ1) is 16.0. The Labute approximate surface area is 133 Å². The number of ether oxygens (including phenoxy) is 1. The summed E-state index contributed by atoms with van der Waals surface area (Å²) in [4.78, 5) is 0. The molecule has 0 saturated heterocycles. The summed E-state index contributed by atoms with van der Waals surface area (Å²) in [6, 6.07) is 12.5. The van der Waals surface area contributed by atoms with E-state index in [2.05, 4.69) is 35.1 Å². The van der Waals surface area contributed by atoms with Crippen molar-refractivity contribution in [2.45, 2.75) is 26.3 Å². The fourth-order valence-electron chi connectivity index (χ4n) is 1.99. The molecule has 0 amide bonds. The Morgan fingerprint density at radius 2 is 1.90 bits per heavy atom. The summed E-state index contributed by atoms with van der Waals surface area (Å²) in [5.74, 6) is 0.842. The third-order valence-electron chi connectivity index (χ3n) is 3.20. The van der Waals surface area contributed by atoms with E-state index in [1.165, 1.54) is 17.7 Å². The average molecular weight is 352 g/mol. The molecule has 0 aliphatic carbocycles. The molecule has 2 aromatic rings. The van der Waals surface area contributed by atoms with Crippen LogP contribution in [0.5, 0.6) is 11.5 Å². The molecular formula is C17H19BrFNO. The quantitative estimate of drug-likeness (QED) is 0.747. The minimum Gasteiger partial charge on any atom is -0.456 e. The van der Waals surface area contributed by atoms with Crippen LogP contribution in [0.15, 0.2) is 46.9 Å². The Bertz CT molecular complexity index is 586. The first-order chi connectivity index (χ1) is 10.1. The van der Waals surface area contributed by atoms with Gasteiger partial charge in [-0.05, 0) is 65.6 Å².